The van der Waals surface area contributed by atoms with E-state index in [0.717, 1.165) is 44.5 Å². The molecule has 1 saturated carbocycles. The van der Waals surface area contributed by atoms with Gasteiger partial charge in [-0.2, -0.15) is 0 Å². The number of rotatable bonds is 9. The van der Waals surface area contributed by atoms with Crippen molar-refractivity contribution in [3.05, 3.63) is 42.0 Å². The summed E-state index contributed by atoms with van der Waals surface area (Å²) in [6.45, 7) is 4.74. The lowest BCUT2D eigenvalue weighted by Crippen LogP contribution is -2.42. The van der Waals surface area contributed by atoms with Gasteiger partial charge in [0.25, 0.3) is 5.91 Å². The number of hydrogen-bond acceptors (Lipinski definition) is 5. The van der Waals surface area contributed by atoms with Crippen molar-refractivity contribution in [3.63, 3.8) is 0 Å². The van der Waals surface area contributed by atoms with Crippen molar-refractivity contribution in [2.45, 2.75) is 51.7 Å². The molecule has 0 unspecified atom stereocenters. The number of hydrogen-bond donors (Lipinski definition) is 1. The van der Waals surface area contributed by atoms with Gasteiger partial charge >= 0.3 is 0 Å². The average Bonchev–Trinajstić information content (AvgIpc) is 3.59. The minimum atomic E-state index is -0.178. The van der Waals surface area contributed by atoms with Gasteiger partial charge in [-0.25, -0.2) is 4.98 Å². The predicted octanol–water partition coefficient (Wildman–Crippen LogP) is 2.80. The first-order valence-corrected chi connectivity index (χ1v) is 11.4. The molecule has 0 bridgehead atoms. The van der Waals surface area contributed by atoms with Crippen molar-refractivity contribution < 1.29 is 19.1 Å². The summed E-state index contributed by atoms with van der Waals surface area (Å²) in [5.41, 5.74) is 0.472. The van der Waals surface area contributed by atoms with Gasteiger partial charge in [0.15, 0.2) is 0 Å². The third-order valence-electron chi connectivity index (χ3n) is 6.19. The molecule has 2 fully saturated rings. The summed E-state index contributed by atoms with van der Waals surface area (Å²) in [7, 11) is 1.58. The van der Waals surface area contributed by atoms with E-state index in [1.165, 1.54) is 0 Å². The van der Waals surface area contributed by atoms with Crippen LogP contribution in [0.3, 0.4) is 0 Å². The van der Waals surface area contributed by atoms with Crippen LogP contribution in [0, 0.1) is 12.8 Å². The van der Waals surface area contributed by atoms with Gasteiger partial charge in [-0.3, -0.25) is 9.59 Å². The number of nitrogens with one attached hydrogen (secondary N) is 1. The molecule has 1 aromatic carbocycles. The molecule has 8 heteroatoms. The lowest BCUT2D eigenvalue weighted by atomic mass is 10.1. The van der Waals surface area contributed by atoms with E-state index in [-0.39, 0.29) is 17.9 Å². The Morgan fingerprint density at radius 2 is 1.97 bits per heavy atom. The maximum Gasteiger partial charge on any atom is 0.255 e. The SMILES string of the molecule is COc1ccc(OC2CCN(C(=O)C3CC3)CC2)c(C(=O)NCCCn2ccnc2C)c1. The smallest absolute Gasteiger partial charge is 0.255 e. The van der Waals surface area contributed by atoms with E-state index < -0.39 is 0 Å². The first kappa shape index (κ1) is 22.2. The topological polar surface area (TPSA) is 85.7 Å². The number of carbonyl (C=O) groups is 2. The van der Waals surface area contributed by atoms with Crippen LogP contribution in [0.1, 0.15) is 48.3 Å². The molecule has 2 amide bonds. The van der Waals surface area contributed by atoms with Crippen LogP contribution >= 0.6 is 0 Å². The van der Waals surface area contributed by atoms with E-state index in [2.05, 4.69) is 14.9 Å². The highest BCUT2D eigenvalue weighted by molar-refractivity contribution is 5.97. The second-order valence-electron chi connectivity index (χ2n) is 8.56. The van der Waals surface area contributed by atoms with Gasteiger partial charge in [0.05, 0.1) is 12.7 Å². The maximum absolute atomic E-state index is 12.9. The number of methoxy groups -OCH3 is 1. The molecule has 2 heterocycles. The van der Waals surface area contributed by atoms with E-state index in [4.69, 9.17) is 9.47 Å². The van der Waals surface area contributed by atoms with Crippen molar-refractivity contribution >= 4 is 11.8 Å². The lowest BCUT2D eigenvalue weighted by molar-refractivity contribution is -0.134. The molecule has 1 aromatic heterocycles. The highest BCUT2D eigenvalue weighted by atomic mass is 16.5. The lowest BCUT2D eigenvalue weighted by Gasteiger charge is -2.32. The Morgan fingerprint density at radius 1 is 1.19 bits per heavy atom. The van der Waals surface area contributed by atoms with Crippen LogP contribution in [0.5, 0.6) is 11.5 Å². The molecule has 172 valence electrons. The second-order valence-corrected chi connectivity index (χ2v) is 8.56. The summed E-state index contributed by atoms with van der Waals surface area (Å²) < 4.78 is 13.6. The number of benzene rings is 1. The van der Waals surface area contributed by atoms with Crippen LogP contribution in [0.2, 0.25) is 0 Å². The summed E-state index contributed by atoms with van der Waals surface area (Å²) in [6.07, 6.45) is 8.11. The summed E-state index contributed by atoms with van der Waals surface area (Å²) in [5, 5.41) is 2.99. The van der Waals surface area contributed by atoms with Gasteiger partial charge in [-0.1, -0.05) is 0 Å². The van der Waals surface area contributed by atoms with Crippen LogP contribution in [0.4, 0.5) is 0 Å². The molecular formula is C24H32N4O4. The zero-order valence-electron chi connectivity index (χ0n) is 18.9. The molecule has 1 N–H and O–H groups in total. The highest BCUT2D eigenvalue weighted by Gasteiger charge is 2.35. The first-order valence-electron chi connectivity index (χ1n) is 11.4. The van der Waals surface area contributed by atoms with Crippen molar-refractivity contribution in [1.82, 2.24) is 19.8 Å². The van der Waals surface area contributed by atoms with Crippen LogP contribution in [-0.2, 0) is 11.3 Å². The van der Waals surface area contributed by atoms with Gasteiger partial charge < -0.3 is 24.3 Å². The fourth-order valence-corrected chi connectivity index (χ4v) is 4.06. The number of imidazole rings is 1. The number of ether oxygens (including phenoxy) is 2. The monoisotopic (exact) mass is 440 g/mol. The zero-order chi connectivity index (χ0) is 22.5. The Kier molecular flexibility index (Phi) is 6.97. The Balaban J connectivity index is 1.32. The summed E-state index contributed by atoms with van der Waals surface area (Å²) in [5.74, 6) is 2.50. The predicted molar refractivity (Wildman–Crippen MR) is 120 cm³/mol. The third kappa shape index (κ3) is 5.41. The summed E-state index contributed by atoms with van der Waals surface area (Å²) in [6, 6.07) is 5.32. The normalized spacial score (nSPS) is 16.6. The maximum atomic E-state index is 12.9. The van der Waals surface area contributed by atoms with Gasteiger partial charge in [-0.05, 0) is 44.4 Å². The van der Waals surface area contributed by atoms with Gasteiger partial charge in [0.2, 0.25) is 5.91 Å². The fourth-order valence-electron chi connectivity index (χ4n) is 4.06. The molecule has 1 aliphatic heterocycles. The molecular weight excluding hydrogens is 408 g/mol. The fraction of sp³-hybridized carbons (Fsp3) is 0.542. The van der Waals surface area contributed by atoms with E-state index in [9.17, 15) is 9.59 Å². The van der Waals surface area contributed by atoms with Crippen molar-refractivity contribution in [3.8, 4) is 11.5 Å². The Morgan fingerprint density at radius 3 is 2.62 bits per heavy atom. The molecule has 2 aromatic rings. The number of likely N-dealkylation sites (tertiary alicyclic amines) is 1. The van der Waals surface area contributed by atoms with E-state index in [1.807, 2.05) is 18.0 Å². The number of aryl methyl sites for hydroxylation is 2. The first-order chi connectivity index (χ1) is 15.5. The Bertz CT molecular complexity index is 945. The number of aromatic nitrogens is 2. The molecule has 0 atom stereocenters. The quantitative estimate of drug-likeness (QED) is 0.606. The second kappa shape index (κ2) is 10.1. The largest absolute Gasteiger partial charge is 0.497 e. The minimum absolute atomic E-state index is 0.0117. The number of piperidine rings is 1. The van der Waals surface area contributed by atoms with E-state index in [0.29, 0.717) is 42.6 Å². The average molecular weight is 441 g/mol. The van der Waals surface area contributed by atoms with Crippen molar-refractivity contribution in [2.75, 3.05) is 26.7 Å². The van der Waals surface area contributed by atoms with Gasteiger partial charge in [0, 0.05) is 57.3 Å². The van der Waals surface area contributed by atoms with Crippen LogP contribution in [0.25, 0.3) is 0 Å². The Labute approximate surface area is 188 Å². The van der Waals surface area contributed by atoms with Crippen LogP contribution in [-0.4, -0.2) is 59.1 Å². The van der Waals surface area contributed by atoms with E-state index >= 15 is 0 Å². The number of carbonyl (C=O) groups excluding carboxylic acids is 2. The standard InChI is InChI=1S/C24H32N4O4/c1-17-25-11-15-27(17)12-3-10-26-23(29)21-16-20(31-2)6-7-22(21)32-19-8-13-28(14-9-19)24(30)18-4-5-18/h6-7,11,15-16,18-19H,3-5,8-10,12-14H2,1-2H3,(H,26,29). The minimum Gasteiger partial charge on any atom is -0.497 e. The molecule has 1 aliphatic carbocycles. The highest BCUT2D eigenvalue weighted by Crippen LogP contribution is 2.33. The van der Waals surface area contributed by atoms with Crippen molar-refractivity contribution in [2.24, 2.45) is 5.92 Å². The van der Waals surface area contributed by atoms with E-state index in [1.54, 1.807) is 31.5 Å². The molecule has 1 saturated heterocycles. The summed E-state index contributed by atoms with van der Waals surface area (Å²) in [4.78, 5) is 31.4. The molecule has 2 aliphatic rings. The summed E-state index contributed by atoms with van der Waals surface area (Å²) >= 11 is 0. The number of amides is 2. The zero-order valence-corrected chi connectivity index (χ0v) is 18.9. The molecule has 0 spiro atoms. The van der Waals surface area contributed by atoms with Gasteiger partial charge in [-0.15, -0.1) is 0 Å². The molecule has 8 nitrogen and oxygen atoms in total. The molecule has 32 heavy (non-hydrogen) atoms. The van der Waals surface area contributed by atoms with Crippen LogP contribution < -0.4 is 14.8 Å². The van der Waals surface area contributed by atoms with Crippen molar-refractivity contribution in [1.29, 1.82) is 0 Å². The van der Waals surface area contributed by atoms with Gasteiger partial charge in [0.1, 0.15) is 23.4 Å². The molecule has 4 rings (SSSR count). The van der Waals surface area contributed by atoms with Crippen LogP contribution in [0.15, 0.2) is 30.6 Å². The third-order valence-corrected chi connectivity index (χ3v) is 6.19. The molecule has 0 radical (unpaired) electrons. The number of nitrogens with zero attached hydrogens (tertiary/aromatic N) is 3. The Hall–Kier alpha value is -3.03.